The molecule has 188 valence electrons. The summed E-state index contributed by atoms with van der Waals surface area (Å²) in [4.78, 5) is 48.3. The standard InChI is InChI=1S/C23H25ClN2O8S/c24-18-19(34-12-17(29)30)21(22(31)32)35-20(18)13-5-4-8-15(11-13)26(14-6-2-1-3-7-14)23(33)25-10-9-16(27)28/h4-5,8,11,14H,1-3,6-7,9-10,12H2,(H,25,33)(H,27,28)(H,29,30)(H,31,32). The Morgan fingerprint density at radius 2 is 1.80 bits per heavy atom. The molecular formula is C23H25ClN2O8S. The Labute approximate surface area is 210 Å². The van der Waals surface area contributed by atoms with Gasteiger partial charge in [0.1, 0.15) is 5.02 Å². The lowest BCUT2D eigenvalue weighted by molar-refractivity contribution is -0.139. The summed E-state index contributed by atoms with van der Waals surface area (Å²) in [5, 5.41) is 30.0. The molecule has 1 saturated carbocycles. The predicted octanol–water partition coefficient (Wildman–Crippen LogP) is 4.55. The molecule has 1 aliphatic carbocycles. The average molecular weight is 525 g/mol. The lowest BCUT2D eigenvalue weighted by atomic mass is 9.94. The molecule has 0 saturated heterocycles. The molecule has 10 nitrogen and oxygen atoms in total. The number of rotatable bonds is 10. The molecule has 4 N–H and O–H groups in total. The second-order valence-electron chi connectivity index (χ2n) is 7.98. The van der Waals surface area contributed by atoms with Crippen LogP contribution in [0.3, 0.4) is 0 Å². The number of anilines is 1. The Hall–Kier alpha value is -3.31. The first kappa shape index (κ1) is 26.3. The molecule has 0 spiro atoms. The number of benzene rings is 1. The van der Waals surface area contributed by atoms with Crippen LogP contribution in [0.5, 0.6) is 5.75 Å². The maximum atomic E-state index is 13.1. The van der Waals surface area contributed by atoms with E-state index in [4.69, 9.17) is 26.6 Å². The first-order valence-electron chi connectivity index (χ1n) is 11.0. The van der Waals surface area contributed by atoms with Crippen molar-refractivity contribution in [2.75, 3.05) is 18.1 Å². The van der Waals surface area contributed by atoms with Gasteiger partial charge in [-0.3, -0.25) is 9.69 Å². The summed E-state index contributed by atoms with van der Waals surface area (Å²) in [6.07, 6.45) is 4.40. The van der Waals surface area contributed by atoms with Crippen molar-refractivity contribution < 1.29 is 39.2 Å². The molecule has 0 radical (unpaired) electrons. The Morgan fingerprint density at radius 3 is 2.43 bits per heavy atom. The summed E-state index contributed by atoms with van der Waals surface area (Å²) < 4.78 is 5.14. The number of aliphatic carboxylic acids is 2. The zero-order chi connectivity index (χ0) is 25.5. The molecule has 0 atom stereocenters. The quantitative estimate of drug-likeness (QED) is 0.353. The van der Waals surface area contributed by atoms with Crippen molar-refractivity contribution in [3.8, 4) is 16.2 Å². The highest BCUT2D eigenvalue weighted by atomic mass is 35.5. The van der Waals surface area contributed by atoms with Gasteiger partial charge in [0.15, 0.2) is 17.2 Å². The molecule has 3 rings (SSSR count). The summed E-state index contributed by atoms with van der Waals surface area (Å²) in [6.45, 7) is -0.762. The third kappa shape index (κ3) is 6.64. The molecule has 2 aromatic rings. The van der Waals surface area contributed by atoms with Crippen molar-refractivity contribution >= 4 is 52.6 Å². The minimum atomic E-state index is -1.30. The fourth-order valence-electron chi connectivity index (χ4n) is 3.98. The highest BCUT2D eigenvalue weighted by Crippen LogP contribution is 2.46. The highest BCUT2D eigenvalue weighted by Gasteiger charge is 2.29. The number of carboxylic acids is 3. The van der Waals surface area contributed by atoms with Crippen LogP contribution in [-0.2, 0) is 9.59 Å². The van der Waals surface area contributed by atoms with Crippen LogP contribution in [0.1, 0.15) is 48.2 Å². The summed E-state index contributed by atoms with van der Waals surface area (Å²) in [7, 11) is 0. The second-order valence-corrected chi connectivity index (χ2v) is 9.38. The van der Waals surface area contributed by atoms with Gasteiger partial charge in [0.05, 0.1) is 11.3 Å². The van der Waals surface area contributed by atoms with E-state index >= 15 is 0 Å². The number of aromatic carboxylic acids is 1. The van der Waals surface area contributed by atoms with E-state index < -0.39 is 30.5 Å². The lowest BCUT2D eigenvalue weighted by Gasteiger charge is -2.34. The van der Waals surface area contributed by atoms with Gasteiger partial charge in [0.2, 0.25) is 0 Å². The van der Waals surface area contributed by atoms with Crippen LogP contribution < -0.4 is 15.0 Å². The maximum Gasteiger partial charge on any atom is 0.349 e. The van der Waals surface area contributed by atoms with Crippen LogP contribution in [0.15, 0.2) is 24.3 Å². The minimum absolute atomic E-state index is 0.0138. The molecule has 0 bridgehead atoms. The van der Waals surface area contributed by atoms with Gasteiger partial charge in [0, 0.05) is 18.3 Å². The number of carbonyl (C=O) groups excluding carboxylic acids is 1. The van der Waals surface area contributed by atoms with E-state index in [0.29, 0.717) is 16.1 Å². The third-order valence-electron chi connectivity index (χ3n) is 5.50. The number of carboxylic acid groups (broad SMARTS) is 3. The van der Waals surface area contributed by atoms with Crippen LogP contribution in [-0.4, -0.2) is 58.5 Å². The smallest absolute Gasteiger partial charge is 0.349 e. The van der Waals surface area contributed by atoms with Gasteiger partial charge in [-0.05, 0) is 30.5 Å². The Balaban J connectivity index is 1.97. The van der Waals surface area contributed by atoms with Gasteiger partial charge < -0.3 is 25.4 Å². The molecule has 1 aromatic heterocycles. The number of halogens is 1. The van der Waals surface area contributed by atoms with Gasteiger partial charge in [0.25, 0.3) is 0 Å². The van der Waals surface area contributed by atoms with Crippen molar-refractivity contribution in [2.45, 2.75) is 44.6 Å². The van der Waals surface area contributed by atoms with Gasteiger partial charge in [-0.15, -0.1) is 11.3 Å². The molecule has 12 heteroatoms. The van der Waals surface area contributed by atoms with Gasteiger partial charge in [-0.1, -0.05) is 43.0 Å². The number of hydrogen-bond donors (Lipinski definition) is 4. The molecule has 1 fully saturated rings. The fourth-order valence-corrected chi connectivity index (χ4v) is 5.38. The van der Waals surface area contributed by atoms with Crippen molar-refractivity contribution in [1.29, 1.82) is 0 Å². The molecular weight excluding hydrogens is 500 g/mol. The first-order chi connectivity index (χ1) is 16.7. The average Bonchev–Trinajstić information content (AvgIpc) is 3.15. The van der Waals surface area contributed by atoms with Crippen molar-refractivity contribution in [3.05, 3.63) is 34.2 Å². The Morgan fingerprint density at radius 1 is 1.09 bits per heavy atom. The molecule has 0 unspecified atom stereocenters. The number of carbonyl (C=O) groups is 4. The van der Waals surface area contributed by atoms with Crippen molar-refractivity contribution in [1.82, 2.24) is 5.32 Å². The number of urea groups is 1. The van der Waals surface area contributed by atoms with E-state index in [-0.39, 0.29) is 34.7 Å². The minimum Gasteiger partial charge on any atom is -0.481 e. The largest absolute Gasteiger partial charge is 0.481 e. The SMILES string of the molecule is O=C(O)CCNC(=O)N(c1cccc(-c2sc(C(=O)O)c(OCC(=O)O)c2Cl)c1)C1CCCCC1. The van der Waals surface area contributed by atoms with Crippen LogP contribution in [0.2, 0.25) is 5.02 Å². The van der Waals surface area contributed by atoms with E-state index in [9.17, 15) is 24.3 Å². The summed E-state index contributed by atoms with van der Waals surface area (Å²) in [6, 6.07) is 6.37. The molecule has 0 aliphatic heterocycles. The first-order valence-corrected chi connectivity index (χ1v) is 12.2. The van der Waals surface area contributed by atoms with Gasteiger partial charge in [-0.2, -0.15) is 0 Å². The summed E-state index contributed by atoms with van der Waals surface area (Å²) in [5.41, 5.74) is 1.08. The maximum absolute atomic E-state index is 13.1. The van der Waals surface area contributed by atoms with E-state index in [2.05, 4.69) is 5.32 Å². The monoisotopic (exact) mass is 524 g/mol. The lowest BCUT2D eigenvalue weighted by Crippen LogP contribution is -2.47. The number of hydrogen-bond acceptors (Lipinski definition) is 6. The molecule has 1 heterocycles. The summed E-state index contributed by atoms with van der Waals surface area (Å²) in [5.74, 6) is -3.81. The second kappa shape index (κ2) is 11.9. The van der Waals surface area contributed by atoms with E-state index in [1.165, 1.54) is 0 Å². The van der Waals surface area contributed by atoms with E-state index in [0.717, 1.165) is 43.4 Å². The van der Waals surface area contributed by atoms with Crippen LogP contribution in [0, 0.1) is 0 Å². The van der Waals surface area contributed by atoms with Crippen LogP contribution in [0.4, 0.5) is 10.5 Å². The Kier molecular flexibility index (Phi) is 8.94. The zero-order valence-corrected chi connectivity index (χ0v) is 20.2. The van der Waals surface area contributed by atoms with Crippen molar-refractivity contribution in [2.24, 2.45) is 0 Å². The van der Waals surface area contributed by atoms with Gasteiger partial charge >= 0.3 is 23.9 Å². The fraction of sp³-hybridized carbons (Fsp3) is 0.391. The summed E-state index contributed by atoms with van der Waals surface area (Å²) >= 11 is 7.26. The number of nitrogens with zero attached hydrogens (tertiary/aromatic N) is 1. The molecule has 1 aromatic carbocycles. The Bertz CT molecular complexity index is 1110. The van der Waals surface area contributed by atoms with E-state index in [1.54, 1.807) is 29.2 Å². The van der Waals surface area contributed by atoms with Crippen LogP contribution in [0.25, 0.3) is 10.4 Å². The third-order valence-corrected chi connectivity index (χ3v) is 7.18. The molecule has 1 aliphatic rings. The van der Waals surface area contributed by atoms with Gasteiger partial charge in [-0.25, -0.2) is 14.4 Å². The zero-order valence-electron chi connectivity index (χ0n) is 18.7. The topological polar surface area (TPSA) is 153 Å². The van der Waals surface area contributed by atoms with E-state index in [1.807, 2.05) is 0 Å². The number of nitrogens with one attached hydrogen (secondary N) is 1. The number of ether oxygens (including phenoxy) is 1. The predicted molar refractivity (Wildman–Crippen MR) is 130 cm³/mol. The van der Waals surface area contributed by atoms with Crippen LogP contribution >= 0.6 is 22.9 Å². The van der Waals surface area contributed by atoms with Crippen molar-refractivity contribution in [3.63, 3.8) is 0 Å². The molecule has 35 heavy (non-hydrogen) atoms. The molecule has 2 amide bonds. The normalized spacial score (nSPS) is 13.7. The number of thiophene rings is 1. The highest BCUT2D eigenvalue weighted by molar-refractivity contribution is 7.18. The number of amides is 2.